The molecule has 1 unspecified atom stereocenters. The number of fused-ring (bicyclic) bond motifs is 1. The number of amides is 1. The number of carbonyl (C=O) groups excluding carboxylic acids is 3. The number of allylic oxidation sites excluding steroid dienone is 1. The zero-order chi connectivity index (χ0) is 38.1. The lowest BCUT2D eigenvalue weighted by atomic mass is 9.77. The maximum absolute atomic E-state index is 14.7. The van der Waals surface area contributed by atoms with Gasteiger partial charge < -0.3 is 24.0 Å². The number of esters is 1. The summed E-state index contributed by atoms with van der Waals surface area (Å²) >= 11 is 0. The number of Topliss-reactive ketones (excluding diaryl/α,β-unsaturated/α-hetero) is 1. The van der Waals surface area contributed by atoms with Crippen molar-refractivity contribution >= 4 is 35.9 Å². The number of benzene rings is 2. The van der Waals surface area contributed by atoms with Gasteiger partial charge in [0.2, 0.25) is 13.3 Å². The van der Waals surface area contributed by atoms with Gasteiger partial charge in [0.05, 0.1) is 48.4 Å². The molecule has 11 heteroatoms. The van der Waals surface area contributed by atoms with Crippen molar-refractivity contribution in [2.24, 2.45) is 17.3 Å². The van der Waals surface area contributed by atoms with Crippen molar-refractivity contribution in [3.8, 4) is 22.8 Å². The van der Waals surface area contributed by atoms with Crippen LogP contribution in [0.2, 0.25) is 0 Å². The maximum Gasteiger partial charge on any atom is 0.306 e. The van der Waals surface area contributed by atoms with Crippen molar-refractivity contribution < 1.29 is 38.1 Å². The molecule has 53 heavy (non-hydrogen) atoms. The minimum Gasteiger partial charge on any atom is -0.497 e. The van der Waals surface area contributed by atoms with E-state index in [-0.39, 0.29) is 55.7 Å². The van der Waals surface area contributed by atoms with Crippen LogP contribution < -0.4 is 9.47 Å². The number of ether oxygens (including phenoxy) is 3. The van der Waals surface area contributed by atoms with Crippen molar-refractivity contribution in [1.29, 1.82) is 0 Å². The van der Waals surface area contributed by atoms with E-state index < -0.39 is 42.0 Å². The Balaban J connectivity index is 1.34. The summed E-state index contributed by atoms with van der Waals surface area (Å²) in [7, 11) is -2.10. The van der Waals surface area contributed by atoms with Crippen molar-refractivity contribution in [1.82, 2.24) is 9.88 Å². The third-order valence-electron chi connectivity index (χ3n) is 11.6. The number of methoxy groups -OCH3 is 1. The SMILES string of the molecule is C=C[C@@H]1C[C@]1(CC(=O)[C@@H]1C[C@@H](Oc2cc(-c3ccccc3)nc3cc(OC)ccc23)CN1C(=O)[C@@H](CC(=O)OC1CCCC1)C(C)(C)C)P(=O)(O)CC. The highest BCUT2D eigenvalue weighted by Crippen LogP contribution is 2.72. The fourth-order valence-corrected chi connectivity index (χ4v) is 10.4. The van der Waals surface area contributed by atoms with Crippen LogP contribution in [0, 0.1) is 17.3 Å². The molecule has 2 aromatic carbocycles. The van der Waals surface area contributed by atoms with Gasteiger partial charge in [-0.25, -0.2) is 4.98 Å². The maximum atomic E-state index is 14.7. The van der Waals surface area contributed by atoms with E-state index in [0.717, 1.165) is 36.6 Å². The number of hydrogen-bond acceptors (Lipinski definition) is 8. The van der Waals surface area contributed by atoms with Crippen LogP contribution in [0.3, 0.4) is 0 Å². The molecule has 1 N–H and O–H groups in total. The topological polar surface area (TPSA) is 132 Å². The number of hydrogen-bond donors (Lipinski definition) is 1. The Morgan fingerprint density at radius 2 is 1.81 bits per heavy atom. The first-order chi connectivity index (χ1) is 25.2. The smallest absolute Gasteiger partial charge is 0.306 e. The van der Waals surface area contributed by atoms with Crippen molar-refractivity contribution in [3.05, 3.63) is 67.3 Å². The van der Waals surface area contributed by atoms with E-state index in [2.05, 4.69) is 6.58 Å². The van der Waals surface area contributed by atoms with Gasteiger partial charge in [-0.1, -0.05) is 64.1 Å². The van der Waals surface area contributed by atoms with Gasteiger partial charge in [0.1, 0.15) is 23.7 Å². The Hall–Kier alpha value is -4.01. The quantitative estimate of drug-likeness (QED) is 0.0991. The molecule has 1 saturated heterocycles. The number of ketones is 1. The minimum atomic E-state index is -3.70. The van der Waals surface area contributed by atoms with Gasteiger partial charge in [0, 0.05) is 42.1 Å². The molecule has 1 amide bonds. The molecule has 3 aliphatic rings. The Labute approximate surface area is 312 Å². The van der Waals surface area contributed by atoms with Crippen molar-refractivity contribution in [2.45, 2.75) is 102 Å². The second kappa shape index (κ2) is 15.4. The third kappa shape index (κ3) is 8.09. The van der Waals surface area contributed by atoms with Gasteiger partial charge in [-0.05, 0) is 55.6 Å². The normalized spacial score (nSPS) is 24.7. The highest BCUT2D eigenvalue weighted by atomic mass is 31.2. The highest BCUT2D eigenvalue weighted by Gasteiger charge is 2.64. The van der Waals surface area contributed by atoms with Crippen LogP contribution in [0.15, 0.2) is 67.3 Å². The zero-order valence-corrected chi connectivity index (χ0v) is 32.5. The molecule has 3 fully saturated rings. The summed E-state index contributed by atoms with van der Waals surface area (Å²) < 4.78 is 31.6. The summed E-state index contributed by atoms with van der Waals surface area (Å²) in [5.41, 5.74) is 1.62. The number of aromatic nitrogens is 1. The molecule has 1 aliphatic heterocycles. The first-order valence-corrected chi connectivity index (χ1v) is 20.7. The molecular formula is C42H53N2O8P. The van der Waals surface area contributed by atoms with Gasteiger partial charge in [-0.2, -0.15) is 0 Å². The van der Waals surface area contributed by atoms with Crippen LogP contribution in [0.5, 0.6) is 11.5 Å². The molecule has 3 aromatic rings. The molecule has 2 heterocycles. The molecule has 2 saturated carbocycles. The van der Waals surface area contributed by atoms with Crippen LogP contribution in [-0.4, -0.2) is 75.7 Å². The standard InChI is InChI=1S/C42H53N2O8P/c1-7-28-24-42(28,53(48,49)8-2)25-37(45)36-21-31(26-44(36)40(47)33(41(3,4)5)22-39(46)52-29-16-12-13-17-29)51-38-23-34(27-14-10-9-11-15-27)43-35-20-30(50-6)18-19-32(35)38/h7,9-11,14-15,18-20,23,28-29,31,33,36H,1,8,12-13,16-17,21-22,24-26H2,2-6H3,(H,48,49)/t28-,31-,33-,36+,42-/m1/s1. The molecule has 2 aliphatic carbocycles. The molecule has 0 spiro atoms. The first-order valence-electron chi connectivity index (χ1n) is 18.9. The van der Waals surface area contributed by atoms with Gasteiger partial charge >= 0.3 is 5.97 Å². The summed E-state index contributed by atoms with van der Waals surface area (Å²) in [6.45, 7) is 11.4. The predicted molar refractivity (Wildman–Crippen MR) is 205 cm³/mol. The minimum absolute atomic E-state index is 0.0442. The van der Waals surface area contributed by atoms with E-state index in [4.69, 9.17) is 19.2 Å². The first kappa shape index (κ1) is 38.7. The molecule has 0 radical (unpaired) electrons. The van der Waals surface area contributed by atoms with E-state index in [1.54, 1.807) is 25.0 Å². The Morgan fingerprint density at radius 3 is 2.43 bits per heavy atom. The third-order valence-corrected chi connectivity index (χ3v) is 14.5. The average molecular weight is 745 g/mol. The Bertz CT molecular complexity index is 1900. The summed E-state index contributed by atoms with van der Waals surface area (Å²) in [6.07, 6.45) is 4.99. The Kier molecular flexibility index (Phi) is 11.2. The molecule has 284 valence electrons. The van der Waals surface area contributed by atoms with Crippen LogP contribution >= 0.6 is 7.37 Å². The highest BCUT2D eigenvalue weighted by molar-refractivity contribution is 7.60. The average Bonchev–Trinajstić information content (AvgIpc) is 3.40. The predicted octanol–water partition coefficient (Wildman–Crippen LogP) is 7.99. The lowest BCUT2D eigenvalue weighted by molar-refractivity contribution is -0.156. The second-order valence-corrected chi connectivity index (χ2v) is 19.0. The fraction of sp³-hybridized carbons (Fsp3) is 0.524. The van der Waals surface area contributed by atoms with Crippen LogP contribution in [0.4, 0.5) is 0 Å². The van der Waals surface area contributed by atoms with E-state index in [1.165, 1.54) is 0 Å². The number of likely N-dealkylation sites (tertiary alicyclic amines) is 1. The molecule has 6 rings (SSSR count). The monoisotopic (exact) mass is 744 g/mol. The van der Waals surface area contributed by atoms with Gasteiger partial charge in [-0.15, -0.1) is 6.58 Å². The summed E-state index contributed by atoms with van der Waals surface area (Å²) in [5.74, 6) is -0.861. The molecule has 0 bridgehead atoms. The van der Waals surface area contributed by atoms with E-state index in [9.17, 15) is 23.8 Å². The summed E-state index contributed by atoms with van der Waals surface area (Å²) in [4.78, 5) is 60.0. The number of nitrogens with zero attached hydrogens (tertiary/aromatic N) is 2. The molecule has 1 aromatic heterocycles. The van der Waals surface area contributed by atoms with Crippen molar-refractivity contribution in [3.63, 3.8) is 0 Å². The zero-order valence-electron chi connectivity index (χ0n) is 31.6. The van der Waals surface area contributed by atoms with Gasteiger partial charge in [-0.3, -0.25) is 18.9 Å². The summed E-state index contributed by atoms with van der Waals surface area (Å²) in [6, 6.07) is 16.3. The number of rotatable bonds is 14. The van der Waals surface area contributed by atoms with Crippen LogP contribution in [0.1, 0.15) is 79.1 Å². The van der Waals surface area contributed by atoms with Gasteiger partial charge in [0.15, 0.2) is 5.78 Å². The molecule has 10 nitrogen and oxygen atoms in total. The summed E-state index contributed by atoms with van der Waals surface area (Å²) in [5, 5.41) is -0.344. The second-order valence-electron chi connectivity index (χ2n) is 16.1. The van der Waals surface area contributed by atoms with Crippen molar-refractivity contribution in [2.75, 3.05) is 19.8 Å². The lowest BCUT2D eigenvalue weighted by Crippen LogP contribution is -2.48. The fourth-order valence-electron chi connectivity index (χ4n) is 8.23. The Morgan fingerprint density at radius 1 is 1.09 bits per heavy atom. The van der Waals surface area contributed by atoms with Crippen LogP contribution in [-0.2, 0) is 23.7 Å². The number of pyridine rings is 1. The van der Waals surface area contributed by atoms with Crippen LogP contribution in [0.25, 0.3) is 22.2 Å². The lowest BCUT2D eigenvalue weighted by Gasteiger charge is -2.35. The molecule has 6 atom stereocenters. The van der Waals surface area contributed by atoms with E-state index in [1.807, 2.05) is 75.4 Å². The van der Waals surface area contributed by atoms with E-state index >= 15 is 0 Å². The largest absolute Gasteiger partial charge is 0.497 e. The van der Waals surface area contributed by atoms with E-state index in [0.29, 0.717) is 29.1 Å². The molecular weight excluding hydrogens is 691 g/mol. The number of carbonyl (C=O) groups is 3. The van der Waals surface area contributed by atoms with Gasteiger partial charge in [0.25, 0.3) is 0 Å².